The lowest BCUT2D eigenvalue weighted by atomic mass is 9.47. The number of nitrogens with zero attached hydrogens (tertiary/aromatic N) is 1. The number of ketones is 1. The van der Waals surface area contributed by atoms with E-state index in [2.05, 4.69) is 22.1 Å². The highest BCUT2D eigenvalue weighted by molar-refractivity contribution is 6.30. The highest BCUT2D eigenvalue weighted by atomic mass is 35.5. The van der Waals surface area contributed by atoms with Gasteiger partial charge in [0.1, 0.15) is 0 Å². The third kappa shape index (κ3) is 3.02. The average Bonchev–Trinajstić information content (AvgIpc) is 3.61. The fourth-order valence-electron chi connectivity index (χ4n) is 7.46. The number of benzene rings is 2. The first kappa shape index (κ1) is 22.2. The molecule has 7 heteroatoms. The van der Waals surface area contributed by atoms with Gasteiger partial charge in [0.25, 0.3) is 5.91 Å². The number of piperidine rings is 1. The van der Waals surface area contributed by atoms with Crippen LogP contribution in [0.25, 0.3) is 0 Å². The molecule has 3 aliphatic carbocycles. The third-order valence-electron chi connectivity index (χ3n) is 9.11. The second-order valence-corrected chi connectivity index (χ2v) is 11.4. The van der Waals surface area contributed by atoms with E-state index in [0.29, 0.717) is 41.5 Å². The van der Waals surface area contributed by atoms with E-state index in [9.17, 15) is 14.7 Å². The molecule has 1 spiro atoms. The summed E-state index contributed by atoms with van der Waals surface area (Å²) in [5.74, 6) is 6.63. The monoisotopic (exact) mass is 502 g/mol. The van der Waals surface area contributed by atoms with E-state index >= 15 is 0 Å². The van der Waals surface area contributed by atoms with Crippen LogP contribution in [0, 0.1) is 17.8 Å². The van der Waals surface area contributed by atoms with Crippen LogP contribution in [-0.4, -0.2) is 52.5 Å². The predicted molar refractivity (Wildman–Crippen MR) is 134 cm³/mol. The molecule has 2 N–H and O–H groups in total. The van der Waals surface area contributed by atoms with E-state index in [1.54, 1.807) is 30.3 Å². The molecule has 7 rings (SSSR count). The smallest absolute Gasteiger partial charge is 0.296 e. The van der Waals surface area contributed by atoms with Crippen LogP contribution in [0.2, 0.25) is 5.02 Å². The molecule has 4 atom stereocenters. The molecule has 1 amide bonds. The molecule has 1 unspecified atom stereocenters. The van der Waals surface area contributed by atoms with Crippen LogP contribution >= 0.6 is 11.6 Å². The number of hydrogen-bond donors (Lipinski definition) is 2. The van der Waals surface area contributed by atoms with Gasteiger partial charge < -0.3 is 15.2 Å². The highest BCUT2D eigenvalue weighted by Gasteiger charge is 2.73. The van der Waals surface area contributed by atoms with Gasteiger partial charge in [0.15, 0.2) is 23.4 Å². The number of ether oxygens (including phenoxy) is 1. The molecule has 6 nitrogen and oxygen atoms in total. The maximum Gasteiger partial charge on any atom is 0.296 e. The van der Waals surface area contributed by atoms with Crippen LogP contribution < -0.4 is 10.1 Å². The Morgan fingerprint density at radius 1 is 1.19 bits per heavy atom. The summed E-state index contributed by atoms with van der Waals surface area (Å²) < 4.78 is 6.28. The lowest BCUT2D eigenvalue weighted by molar-refractivity contribution is -0.148. The van der Waals surface area contributed by atoms with Gasteiger partial charge in [-0.2, -0.15) is 0 Å². The molecule has 2 heterocycles. The van der Waals surface area contributed by atoms with E-state index in [1.807, 2.05) is 6.07 Å². The summed E-state index contributed by atoms with van der Waals surface area (Å²) in [5, 5.41) is 14.7. The van der Waals surface area contributed by atoms with Crippen molar-refractivity contribution in [2.75, 3.05) is 13.1 Å². The first-order valence-electron chi connectivity index (χ1n) is 12.8. The summed E-state index contributed by atoms with van der Waals surface area (Å²) >= 11 is 5.98. The number of rotatable bonds is 3. The lowest BCUT2D eigenvalue weighted by Gasteiger charge is -2.65. The molecule has 2 saturated carbocycles. The summed E-state index contributed by atoms with van der Waals surface area (Å²) in [6, 6.07) is 10.8. The molecule has 1 saturated heterocycles. The second kappa shape index (κ2) is 7.74. The van der Waals surface area contributed by atoms with Gasteiger partial charge in [-0.1, -0.05) is 23.6 Å². The average molecular weight is 503 g/mol. The maximum absolute atomic E-state index is 13.4. The minimum absolute atomic E-state index is 0.0373. The molecule has 2 aromatic rings. The standard InChI is InChI=1S/C29H27ClN2O4/c30-20-7-3-17(4-8-20)5-10-24(35)31-29-12-11-22(34)27-28(29)13-14-32(16-18-1-2-18)23(29)15-19-6-9-21(33)26(36-27)25(19)28/h3-4,6-9,18,23,27,33H,1-2,11-16H2,(H,31,35)/t23?,27-,28-,29+/m0/s1. The first-order chi connectivity index (χ1) is 17.4. The number of hydrogen-bond acceptors (Lipinski definition) is 5. The Morgan fingerprint density at radius 3 is 2.78 bits per heavy atom. The number of nitrogens with one attached hydrogen (secondary N) is 1. The Hall–Kier alpha value is -3.01. The van der Waals surface area contributed by atoms with Crippen molar-refractivity contribution in [3.8, 4) is 23.3 Å². The van der Waals surface area contributed by atoms with Gasteiger partial charge in [0.05, 0.1) is 11.0 Å². The predicted octanol–water partition coefficient (Wildman–Crippen LogP) is 3.35. The first-order valence-corrected chi connectivity index (χ1v) is 13.2. The number of aromatic hydroxyl groups is 1. The molecule has 2 aliphatic heterocycles. The SMILES string of the molecule is O=C(C#Cc1ccc(Cl)cc1)N[C@@]12CCC(=O)[C@@H]3Oc4c(O)ccc5c4[C@@]31CCN(CC1CC1)C2C5. The van der Waals surface area contributed by atoms with Crippen molar-refractivity contribution in [2.24, 2.45) is 5.92 Å². The van der Waals surface area contributed by atoms with Crippen molar-refractivity contribution in [1.29, 1.82) is 0 Å². The zero-order chi connectivity index (χ0) is 24.7. The Balaban J connectivity index is 1.34. The fraction of sp³-hybridized carbons (Fsp3) is 0.448. The van der Waals surface area contributed by atoms with E-state index < -0.39 is 17.1 Å². The molecule has 2 aromatic carbocycles. The Morgan fingerprint density at radius 2 is 2.00 bits per heavy atom. The largest absolute Gasteiger partial charge is 0.504 e. The summed E-state index contributed by atoms with van der Waals surface area (Å²) in [4.78, 5) is 29.3. The topological polar surface area (TPSA) is 78.9 Å². The van der Waals surface area contributed by atoms with E-state index in [-0.39, 0.29) is 23.5 Å². The highest BCUT2D eigenvalue weighted by Crippen LogP contribution is 2.65. The number of Topliss-reactive ketones (excluding diaryl/α,β-unsaturated/α-hetero) is 1. The summed E-state index contributed by atoms with van der Waals surface area (Å²) in [6.45, 7) is 1.85. The molecular formula is C29H27ClN2O4. The number of carbonyl (C=O) groups is 2. The van der Waals surface area contributed by atoms with Crippen molar-refractivity contribution < 1.29 is 19.4 Å². The minimum Gasteiger partial charge on any atom is -0.504 e. The van der Waals surface area contributed by atoms with Gasteiger partial charge in [-0.25, -0.2) is 0 Å². The van der Waals surface area contributed by atoms with Gasteiger partial charge in [-0.3, -0.25) is 14.5 Å². The van der Waals surface area contributed by atoms with E-state index in [1.165, 1.54) is 12.8 Å². The van der Waals surface area contributed by atoms with Crippen LogP contribution in [-0.2, 0) is 21.4 Å². The van der Waals surface area contributed by atoms with Crippen LogP contribution in [0.15, 0.2) is 36.4 Å². The summed E-state index contributed by atoms with van der Waals surface area (Å²) in [5.41, 5.74) is 1.35. The minimum atomic E-state index is -0.705. The normalized spacial score (nSPS) is 31.6. The van der Waals surface area contributed by atoms with Crippen LogP contribution in [0.3, 0.4) is 0 Å². The van der Waals surface area contributed by atoms with E-state index in [4.69, 9.17) is 16.3 Å². The summed E-state index contributed by atoms with van der Waals surface area (Å²) in [6.07, 6.45) is 4.10. The van der Waals surface area contributed by atoms with Gasteiger partial charge in [-0.05, 0) is 80.5 Å². The number of phenols is 1. The Bertz CT molecular complexity index is 1360. The van der Waals surface area contributed by atoms with Crippen molar-refractivity contribution in [1.82, 2.24) is 10.2 Å². The zero-order valence-electron chi connectivity index (χ0n) is 19.9. The molecule has 3 fully saturated rings. The van der Waals surface area contributed by atoms with Gasteiger partial charge in [0, 0.05) is 41.1 Å². The maximum atomic E-state index is 13.4. The zero-order valence-corrected chi connectivity index (χ0v) is 20.6. The fourth-order valence-corrected chi connectivity index (χ4v) is 7.58. The Labute approximate surface area is 215 Å². The molecule has 184 valence electrons. The molecule has 36 heavy (non-hydrogen) atoms. The number of carbonyl (C=O) groups excluding carboxylic acids is 2. The molecule has 5 aliphatic rings. The Kier molecular flexibility index (Phi) is 4.78. The van der Waals surface area contributed by atoms with Crippen molar-refractivity contribution in [3.63, 3.8) is 0 Å². The van der Waals surface area contributed by atoms with Gasteiger partial charge >= 0.3 is 0 Å². The van der Waals surface area contributed by atoms with Crippen LogP contribution in [0.1, 0.15) is 48.8 Å². The number of amides is 1. The number of halogens is 1. The van der Waals surface area contributed by atoms with Gasteiger partial charge in [0.2, 0.25) is 0 Å². The lowest BCUT2D eigenvalue weighted by Crippen LogP contribution is -2.81. The molecular weight excluding hydrogens is 476 g/mol. The van der Waals surface area contributed by atoms with Crippen LogP contribution in [0.5, 0.6) is 11.5 Å². The molecule has 2 bridgehead atoms. The molecule has 0 aromatic heterocycles. The number of likely N-dealkylation sites (tertiary alicyclic amines) is 1. The quantitative estimate of drug-likeness (QED) is 0.629. The summed E-state index contributed by atoms with van der Waals surface area (Å²) in [7, 11) is 0. The van der Waals surface area contributed by atoms with Crippen molar-refractivity contribution >= 4 is 23.3 Å². The number of phenolic OH excluding ortho intramolecular Hbond substituents is 1. The second-order valence-electron chi connectivity index (χ2n) is 11.0. The third-order valence-corrected chi connectivity index (χ3v) is 9.37. The molecule has 0 radical (unpaired) electrons. The van der Waals surface area contributed by atoms with Gasteiger partial charge in [-0.15, -0.1) is 0 Å². The van der Waals surface area contributed by atoms with E-state index in [0.717, 1.165) is 30.6 Å². The van der Waals surface area contributed by atoms with Crippen molar-refractivity contribution in [2.45, 2.75) is 61.6 Å². The van der Waals surface area contributed by atoms with Crippen molar-refractivity contribution in [3.05, 3.63) is 58.1 Å². The van der Waals surface area contributed by atoms with Crippen LogP contribution in [0.4, 0.5) is 0 Å².